The van der Waals surface area contributed by atoms with Crippen molar-refractivity contribution < 1.29 is 4.79 Å². The van der Waals surface area contributed by atoms with Crippen LogP contribution in [0.1, 0.15) is 33.1 Å². The van der Waals surface area contributed by atoms with Crippen molar-refractivity contribution in [1.82, 2.24) is 30.3 Å². The lowest BCUT2D eigenvalue weighted by Gasteiger charge is -2.09. The molecule has 9 heteroatoms. The molecule has 0 saturated heterocycles. The average molecular weight is 523 g/mol. The highest BCUT2D eigenvalue weighted by Crippen LogP contribution is 2.24. The Morgan fingerprint density at radius 2 is 1.73 bits per heavy atom. The summed E-state index contributed by atoms with van der Waals surface area (Å²) < 4.78 is 2.67. The second kappa shape index (κ2) is 10.7. The molecule has 0 atom stereocenters. The van der Waals surface area contributed by atoms with Crippen LogP contribution in [-0.4, -0.2) is 37.4 Å². The first-order valence-corrected chi connectivity index (χ1v) is 12.2. The Bertz CT molecular complexity index is 1220. The highest BCUT2D eigenvalue weighted by molar-refractivity contribution is 9.10. The molecule has 4 rings (SSSR count). The molecule has 0 spiro atoms. The minimum Gasteiger partial charge on any atom is -0.350 e. The van der Waals surface area contributed by atoms with Gasteiger partial charge in [0.25, 0.3) is 5.91 Å². The number of nitrogens with one attached hydrogen (secondary N) is 1. The Labute approximate surface area is 205 Å². The molecule has 0 aliphatic carbocycles. The second-order valence-corrected chi connectivity index (χ2v) is 9.34. The molecular formula is C24H23BrN6OS. The summed E-state index contributed by atoms with van der Waals surface area (Å²) in [6.45, 7) is 4.40. The SMILES string of the molecule is Cc1cc(C)nc(SCc2c(C(=O)NCCc3ccccc3)nnn2-c2ccc(Br)cc2)n1. The van der Waals surface area contributed by atoms with Crippen LogP contribution in [0.5, 0.6) is 0 Å². The summed E-state index contributed by atoms with van der Waals surface area (Å²) in [4.78, 5) is 22.0. The zero-order valence-corrected chi connectivity index (χ0v) is 20.7. The maximum Gasteiger partial charge on any atom is 0.273 e. The molecule has 2 aromatic heterocycles. The Morgan fingerprint density at radius 1 is 1.03 bits per heavy atom. The maximum atomic E-state index is 13.0. The van der Waals surface area contributed by atoms with Gasteiger partial charge in [-0.15, -0.1) is 5.10 Å². The minimum atomic E-state index is -0.244. The lowest BCUT2D eigenvalue weighted by Crippen LogP contribution is -2.27. The summed E-state index contributed by atoms with van der Waals surface area (Å²) in [6, 6.07) is 19.7. The zero-order chi connectivity index (χ0) is 23.2. The van der Waals surface area contributed by atoms with Crippen LogP contribution in [0.3, 0.4) is 0 Å². The number of hydrogen-bond donors (Lipinski definition) is 1. The normalized spacial score (nSPS) is 10.9. The Morgan fingerprint density at radius 3 is 2.42 bits per heavy atom. The summed E-state index contributed by atoms with van der Waals surface area (Å²) in [5.74, 6) is 0.208. The van der Waals surface area contributed by atoms with Crippen LogP contribution < -0.4 is 5.32 Å². The first-order chi connectivity index (χ1) is 16.0. The number of nitrogens with zero attached hydrogens (tertiary/aromatic N) is 5. The monoisotopic (exact) mass is 522 g/mol. The molecule has 1 N–H and O–H groups in total. The smallest absolute Gasteiger partial charge is 0.273 e. The lowest BCUT2D eigenvalue weighted by molar-refractivity contribution is 0.0948. The number of hydrogen-bond acceptors (Lipinski definition) is 6. The van der Waals surface area contributed by atoms with Crippen LogP contribution >= 0.6 is 27.7 Å². The number of carbonyl (C=O) groups is 1. The van der Waals surface area contributed by atoms with Gasteiger partial charge in [0.15, 0.2) is 10.9 Å². The average Bonchev–Trinajstić information content (AvgIpc) is 3.22. The molecule has 4 aromatic rings. The molecule has 0 unspecified atom stereocenters. The van der Waals surface area contributed by atoms with Gasteiger partial charge in [-0.2, -0.15) is 0 Å². The number of aryl methyl sites for hydroxylation is 2. The molecule has 0 fully saturated rings. The largest absolute Gasteiger partial charge is 0.350 e. The van der Waals surface area contributed by atoms with Gasteiger partial charge in [0.05, 0.1) is 11.4 Å². The van der Waals surface area contributed by atoms with Crippen LogP contribution in [0, 0.1) is 13.8 Å². The summed E-state index contributed by atoms with van der Waals surface area (Å²) in [7, 11) is 0. The van der Waals surface area contributed by atoms with Crippen molar-refractivity contribution in [2.75, 3.05) is 6.54 Å². The van der Waals surface area contributed by atoms with Crippen LogP contribution in [0.2, 0.25) is 0 Å². The standard InChI is InChI=1S/C24H23BrN6OS/c1-16-14-17(2)28-24(27-16)33-15-21-22(23(32)26-13-12-18-6-4-3-5-7-18)29-30-31(21)20-10-8-19(25)9-11-20/h3-11,14H,12-13,15H2,1-2H3,(H,26,32). The molecule has 0 radical (unpaired) electrons. The third kappa shape index (κ3) is 6.06. The van der Waals surface area contributed by atoms with Gasteiger partial charge < -0.3 is 5.32 Å². The first-order valence-electron chi connectivity index (χ1n) is 10.5. The fraction of sp³-hybridized carbons (Fsp3) is 0.208. The van der Waals surface area contributed by atoms with E-state index in [4.69, 9.17) is 0 Å². The fourth-order valence-electron chi connectivity index (χ4n) is 3.34. The molecule has 0 aliphatic heterocycles. The van der Waals surface area contributed by atoms with E-state index in [0.29, 0.717) is 28.8 Å². The summed E-state index contributed by atoms with van der Waals surface area (Å²) >= 11 is 4.92. The van der Waals surface area contributed by atoms with Gasteiger partial charge in [-0.25, -0.2) is 14.6 Å². The quantitative estimate of drug-likeness (QED) is 0.266. The van der Waals surface area contributed by atoms with Crippen molar-refractivity contribution >= 4 is 33.6 Å². The van der Waals surface area contributed by atoms with Crippen LogP contribution in [-0.2, 0) is 12.2 Å². The van der Waals surface area contributed by atoms with E-state index in [1.807, 2.05) is 74.5 Å². The molecule has 2 heterocycles. The van der Waals surface area contributed by atoms with Crippen molar-refractivity contribution in [2.24, 2.45) is 0 Å². The van der Waals surface area contributed by atoms with Crippen molar-refractivity contribution in [3.05, 3.63) is 93.5 Å². The number of aromatic nitrogens is 5. The number of amides is 1. The predicted octanol–water partition coefficient (Wildman–Crippen LogP) is 4.70. The van der Waals surface area contributed by atoms with E-state index in [1.54, 1.807) is 4.68 Å². The summed E-state index contributed by atoms with van der Waals surface area (Å²) in [6.07, 6.45) is 0.744. The summed E-state index contributed by atoms with van der Waals surface area (Å²) in [5, 5.41) is 12.1. The molecule has 0 bridgehead atoms. The van der Waals surface area contributed by atoms with E-state index in [1.165, 1.54) is 17.3 Å². The number of rotatable bonds is 8. The number of benzene rings is 2. The third-order valence-corrected chi connectivity index (χ3v) is 6.28. The van der Waals surface area contributed by atoms with Gasteiger partial charge in [-0.05, 0) is 56.2 Å². The molecule has 7 nitrogen and oxygen atoms in total. The highest BCUT2D eigenvalue weighted by atomic mass is 79.9. The van der Waals surface area contributed by atoms with Gasteiger partial charge in [0.1, 0.15) is 0 Å². The fourth-order valence-corrected chi connectivity index (χ4v) is 4.54. The zero-order valence-electron chi connectivity index (χ0n) is 18.3. The van der Waals surface area contributed by atoms with Gasteiger partial charge in [-0.3, -0.25) is 4.79 Å². The first kappa shape index (κ1) is 23.1. The summed E-state index contributed by atoms with van der Waals surface area (Å²) in [5.41, 5.74) is 4.81. The molecule has 0 saturated carbocycles. The highest BCUT2D eigenvalue weighted by Gasteiger charge is 2.21. The maximum absolute atomic E-state index is 13.0. The Hall–Kier alpha value is -3.04. The van der Waals surface area contributed by atoms with E-state index in [0.717, 1.165) is 28.0 Å². The number of halogens is 1. The van der Waals surface area contributed by atoms with E-state index >= 15 is 0 Å². The topological polar surface area (TPSA) is 85.6 Å². The van der Waals surface area contributed by atoms with Crippen molar-refractivity contribution in [3.63, 3.8) is 0 Å². The van der Waals surface area contributed by atoms with Gasteiger partial charge >= 0.3 is 0 Å². The second-order valence-electron chi connectivity index (χ2n) is 7.49. The van der Waals surface area contributed by atoms with Crippen molar-refractivity contribution in [3.8, 4) is 5.69 Å². The van der Waals surface area contributed by atoms with Gasteiger partial charge in [0.2, 0.25) is 0 Å². The molecule has 168 valence electrons. The Kier molecular flexibility index (Phi) is 7.51. The van der Waals surface area contributed by atoms with Crippen LogP contribution in [0.25, 0.3) is 5.69 Å². The molecule has 2 aromatic carbocycles. The minimum absolute atomic E-state index is 0.244. The molecule has 33 heavy (non-hydrogen) atoms. The molecular weight excluding hydrogens is 500 g/mol. The van der Waals surface area contributed by atoms with Gasteiger partial charge in [-0.1, -0.05) is 63.2 Å². The van der Waals surface area contributed by atoms with Crippen LogP contribution in [0.15, 0.2) is 70.3 Å². The van der Waals surface area contributed by atoms with Crippen molar-refractivity contribution in [1.29, 1.82) is 0 Å². The van der Waals surface area contributed by atoms with E-state index < -0.39 is 0 Å². The van der Waals surface area contributed by atoms with E-state index in [2.05, 4.69) is 41.5 Å². The molecule has 0 aliphatic rings. The lowest BCUT2D eigenvalue weighted by atomic mass is 10.1. The van der Waals surface area contributed by atoms with E-state index in [-0.39, 0.29) is 5.91 Å². The van der Waals surface area contributed by atoms with Crippen LogP contribution in [0.4, 0.5) is 0 Å². The number of carbonyl (C=O) groups excluding carboxylic acids is 1. The van der Waals surface area contributed by atoms with E-state index in [9.17, 15) is 4.79 Å². The van der Waals surface area contributed by atoms with Gasteiger partial charge in [0, 0.05) is 28.2 Å². The predicted molar refractivity (Wildman–Crippen MR) is 133 cm³/mol. The third-order valence-electron chi connectivity index (χ3n) is 4.89. The van der Waals surface area contributed by atoms with Crippen molar-refractivity contribution in [2.45, 2.75) is 31.2 Å². The molecule has 1 amide bonds. The Balaban J connectivity index is 1.56. The number of thioether (sulfide) groups is 1.